The maximum atomic E-state index is 9.75. The van der Waals surface area contributed by atoms with E-state index in [4.69, 9.17) is 0 Å². The lowest BCUT2D eigenvalue weighted by molar-refractivity contribution is 0.448. The van der Waals surface area contributed by atoms with E-state index < -0.39 is 0 Å². The first-order valence-electron chi connectivity index (χ1n) is 13.4. The molecule has 2 N–H and O–H groups in total. The minimum Gasteiger partial charge on any atom is -0.507 e. The van der Waals surface area contributed by atoms with Crippen LogP contribution in [0.3, 0.4) is 0 Å². The molecule has 1 aromatic carbocycles. The van der Waals surface area contributed by atoms with Gasteiger partial charge in [0.1, 0.15) is 11.5 Å². The van der Waals surface area contributed by atoms with Crippen molar-refractivity contribution in [1.82, 2.24) is 0 Å². The standard InChI is InChI=1S/C29H50O2/c1-2-3-4-5-6-7-8-9-10-11-12-13-14-15-16-17-18-19-20-21-22-24-27-28(30)25-23-26-29(27)31/h22-26,30-31H,2-21H2,1H3. The highest BCUT2D eigenvalue weighted by Gasteiger charge is 2.01. The predicted octanol–water partition coefficient (Wildman–Crippen LogP) is 9.93. The Morgan fingerprint density at radius 2 is 0.903 bits per heavy atom. The van der Waals surface area contributed by atoms with E-state index in [9.17, 15) is 10.2 Å². The minimum absolute atomic E-state index is 0.143. The smallest absolute Gasteiger partial charge is 0.126 e. The lowest BCUT2D eigenvalue weighted by Gasteiger charge is -2.04. The lowest BCUT2D eigenvalue weighted by atomic mass is 10.0. The van der Waals surface area contributed by atoms with Crippen molar-refractivity contribution in [1.29, 1.82) is 0 Å². The van der Waals surface area contributed by atoms with Crippen molar-refractivity contribution in [3.63, 3.8) is 0 Å². The molecule has 1 aromatic rings. The summed E-state index contributed by atoms with van der Waals surface area (Å²) in [5, 5.41) is 19.5. The normalized spacial score (nSPS) is 11.5. The molecule has 31 heavy (non-hydrogen) atoms. The van der Waals surface area contributed by atoms with Crippen LogP contribution in [0.5, 0.6) is 11.5 Å². The SMILES string of the molecule is CCCCCCCCCCCCCCCCCCCCCC=Cc1c(O)cccc1O. The van der Waals surface area contributed by atoms with Gasteiger partial charge in [-0.15, -0.1) is 0 Å². The van der Waals surface area contributed by atoms with E-state index in [1.165, 1.54) is 122 Å². The molecule has 0 fully saturated rings. The fraction of sp³-hybridized carbons (Fsp3) is 0.724. The number of phenols is 2. The fourth-order valence-electron chi connectivity index (χ4n) is 4.25. The van der Waals surface area contributed by atoms with Crippen LogP contribution < -0.4 is 0 Å². The molecule has 0 radical (unpaired) electrons. The van der Waals surface area contributed by atoms with Crippen LogP contribution in [0, 0.1) is 0 Å². The highest BCUT2D eigenvalue weighted by Crippen LogP contribution is 2.27. The first-order valence-corrected chi connectivity index (χ1v) is 13.4. The number of aromatic hydroxyl groups is 2. The van der Waals surface area contributed by atoms with E-state index in [-0.39, 0.29) is 11.5 Å². The Bertz CT molecular complexity index is 529. The van der Waals surface area contributed by atoms with Crippen LogP contribution in [0.4, 0.5) is 0 Å². The van der Waals surface area contributed by atoms with Gasteiger partial charge in [-0.05, 0) is 25.0 Å². The molecule has 178 valence electrons. The Morgan fingerprint density at radius 1 is 0.548 bits per heavy atom. The quantitative estimate of drug-likeness (QED) is 0.190. The van der Waals surface area contributed by atoms with Crippen LogP contribution in [0.2, 0.25) is 0 Å². The molecule has 0 aliphatic heterocycles. The van der Waals surface area contributed by atoms with E-state index in [1.807, 2.05) is 6.08 Å². The largest absolute Gasteiger partial charge is 0.507 e. The third-order valence-electron chi connectivity index (χ3n) is 6.32. The molecule has 0 amide bonds. The van der Waals surface area contributed by atoms with Gasteiger partial charge in [0.05, 0.1) is 5.56 Å². The molecule has 0 atom stereocenters. The molecule has 0 heterocycles. The van der Waals surface area contributed by atoms with Crippen molar-refractivity contribution < 1.29 is 10.2 Å². The predicted molar refractivity (Wildman–Crippen MR) is 137 cm³/mol. The third-order valence-corrected chi connectivity index (χ3v) is 6.32. The molecular formula is C29H50O2. The Labute approximate surface area is 193 Å². The highest BCUT2D eigenvalue weighted by atomic mass is 16.3. The summed E-state index contributed by atoms with van der Waals surface area (Å²) < 4.78 is 0. The molecule has 0 aliphatic rings. The number of hydrogen-bond donors (Lipinski definition) is 2. The molecule has 1 rings (SSSR count). The second-order valence-corrected chi connectivity index (χ2v) is 9.26. The number of benzene rings is 1. The van der Waals surface area contributed by atoms with Crippen molar-refractivity contribution in [2.45, 2.75) is 135 Å². The Morgan fingerprint density at radius 3 is 1.29 bits per heavy atom. The summed E-state index contributed by atoms with van der Waals surface area (Å²) in [6.07, 6.45) is 31.5. The van der Waals surface area contributed by atoms with Gasteiger partial charge in [0.25, 0.3) is 0 Å². The topological polar surface area (TPSA) is 40.5 Å². The molecule has 0 spiro atoms. The zero-order valence-electron chi connectivity index (χ0n) is 20.4. The lowest BCUT2D eigenvalue weighted by Crippen LogP contribution is -1.84. The van der Waals surface area contributed by atoms with Crippen LogP contribution in [0.25, 0.3) is 6.08 Å². The Kier molecular flexibility index (Phi) is 18.2. The maximum Gasteiger partial charge on any atom is 0.126 e. The van der Waals surface area contributed by atoms with Gasteiger partial charge in [0.15, 0.2) is 0 Å². The van der Waals surface area contributed by atoms with Crippen LogP contribution in [-0.4, -0.2) is 10.2 Å². The summed E-state index contributed by atoms with van der Waals surface area (Å²) in [4.78, 5) is 0. The minimum atomic E-state index is 0.143. The van der Waals surface area contributed by atoms with E-state index in [0.29, 0.717) is 5.56 Å². The summed E-state index contributed by atoms with van der Waals surface area (Å²) in [6, 6.07) is 4.87. The van der Waals surface area contributed by atoms with E-state index in [1.54, 1.807) is 18.2 Å². The second-order valence-electron chi connectivity index (χ2n) is 9.26. The monoisotopic (exact) mass is 430 g/mol. The summed E-state index contributed by atoms with van der Waals surface area (Å²) >= 11 is 0. The van der Waals surface area contributed by atoms with Crippen molar-refractivity contribution >= 4 is 6.08 Å². The van der Waals surface area contributed by atoms with Crippen molar-refractivity contribution in [2.75, 3.05) is 0 Å². The summed E-state index contributed by atoms with van der Waals surface area (Å²) in [7, 11) is 0. The van der Waals surface area contributed by atoms with Crippen molar-refractivity contribution in [3.05, 3.63) is 29.8 Å². The highest BCUT2D eigenvalue weighted by molar-refractivity contribution is 5.63. The summed E-state index contributed by atoms with van der Waals surface area (Å²) in [5.41, 5.74) is 0.528. The molecular weight excluding hydrogens is 380 g/mol. The molecule has 0 saturated heterocycles. The van der Waals surface area contributed by atoms with E-state index >= 15 is 0 Å². The van der Waals surface area contributed by atoms with Crippen molar-refractivity contribution in [3.8, 4) is 11.5 Å². The summed E-state index contributed by atoms with van der Waals surface area (Å²) in [6.45, 7) is 2.29. The van der Waals surface area contributed by atoms with Gasteiger partial charge in [0, 0.05) is 0 Å². The average molecular weight is 431 g/mol. The molecule has 0 aliphatic carbocycles. The van der Waals surface area contributed by atoms with Gasteiger partial charge < -0.3 is 10.2 Å². The zero-order chi connectivity index (χ0) is 22.4. The fourth-order valence-corrected chi connectivity index (χ4v) is 4.25. The van der Waals surface area contributed by atoms with Crippen LogP contribution in [-0.2, 0) is 0 Å². The first-order chi connectivity index (χ1) is 15.3. The number of unbranched alkanes of at least 4 members (excludes halogenated alkanes) is 19. The van der Waals surface area contributed by atoms with Gasteiger partial charge in [-0.2, -0.15) is 0 Å². The van der Waals surface area contributed by atoms with Crippen LogP contribution in [0.1, 0.15) is 141 Å². The van der Waals surface area contributed by atoms with Gasteiger partial charge in [0.2, 0.25) is 0 Å². The maximum absolute atomic E-state index is 9.75. The molecule has 0 unspecified atom stereocenters. The van der Waals surface area contributed by atoms with Gasteiger partial charge in [-0.25, -0.2) is 0 Å². The van der Waals surface area contributed by atoms with E-state index in [2.05, 4.69) is 13.0 Å². The molecule has 2 nitrogen and oxygen atoms in total. The van der Waals surface area contributed by atoms with Gasteiger partial charge in [-0.3, -0.25) is 0 Å². The second kappa shape index (κ2) is 20.5. The van der Waals surface area contributed by atoms with Crippen LogP contribution in [0.15, 0.2) is 24.3 Å². The van der Waals surface area contributed by atoms with Crippen molar-refractivity contribution in [2.24, 2.45) is 0 Å². The number of allylic oxidation sites excluding steroid dienone is 1. The van der Waals surface area contributed by atoms with Gasteiger partial charge >= 0.3 is 0 Å². The number of hydrogen-bond acceptors (Lipinski definition) is 2. The first kappa shape index (κ1) is 27.6. The van der Waals surface area contributed by atoms with Crippen LogP contribution >= 0.6 is 0 Å². The molecule has 0 aromatic heterocycles. The Balaban J connectivity index is 1.78. The molecule has 0 saturated carbocycles. The molecule has 0 bridgehead atoms. The Hall–Kier alpha value is -1.44. The third kappa shape index (κ3) is 15.9. The van der Waals surface area contributed by atoms with Gasteiger partial charge in [-0.1, -0.05) is 141 Å². The average Bonchev–Trinajstić information content (AvgIpc) is 2.76. The number of phenolic OH excluding ortho intramolecular Hbond substituents is 2. The molecule has 2 heteroatoms. The summed E-state index contributed by atoms with van der Waals surface area (Å²) in [5.74, 6) is 0.286. The zero-order valence-corrected chi connectivity index (χ0v) is 20.4. The number of rotatable bonds is 21. The van der Waals surface area contributed by atoms with E-state index in [0.717, 1.165) is 6.42 Å².